The van der Waals surface area contributed by atoms with Crippen LogP contribution in [0.2, 0.25) is 5.02 Å². The first-order valence-electron chi connectivity index (χ1n) is 7.61. The third-order valence-corrected chi connectivity index (χ3v) is 4.94. The first kappa shape index (κ1) is 19.3. The van der Waals surface area contributed by atoms with Gasteiger partial charge in [-0.15, -0.1) is 0 Å². The average Bonchev–Trinajstić information content (AvgIpc) is 2.55. The van der Waals surface area contributed by atoms with Crippen LogP contribution < -0.4 is 8.92 Å². The summed E-state index contributed by atoms with van der Waals surface area (Å²) in [5.74, 6) is 1.08. The molecule has 4 rings (SSSR count). The van der Waals surface area contributed by atoms with E-state index in [1.807, 2.05) is 38.1 Å². The number of fused-ring (bicyclic) bond motifs is 3. The second-order valence-electron chi connectivity index (χ2n) is 5.01. The van der Waals surface area contributed by atoms with Crippen molar-refractivity contribution in [2.24, 2.45) is 0 Å². The molecule has 0 radical (unpaired) electrons. The van der Waals surface area contributed by atoms with Crippen molar-refractivity contribution in [2.45, 2.75) is 25.0 Å². The zero-order chi connectivity index (χ0) is 18.4. The Morgan fingerprint density at radius 2 is 2.00 bits per heavy atom. The summed E-state index contributed by atoms with van der Waals surface area (Å²) in [6.45, 7) is 8.20. The maximum absolute atomic E-state index is 11.0. The molecule has 25 heavy (non-hydrogen) atoms. The summed E-state index contributed by atoms with van der Waals surface area (Å²) in [4.78, 5) is 0.0363. The fraction of sp³-hybridized carbons (Fsp3) is 0.222. The highest BCUT2D eigenvalue weighted by atomic mass is 35.5. The van der Waals surface area contributed by atoms with E-state index in [2.05, 4.69) is 10.8 Å². The van der Waals surface area contributed by atoms with E-state index in [0.717, 1.165) is 11.3 Å². The number of ether oxygens (including phenoxy) is 2. The molecule has 0 spiro atoms. The van der Waals surface area contributed by atoms with Crippen LogP contribution in [-0.4, -0.2) is 21.3 Å². The predicted molar refractivity (Wildman–Crippen MR) is 97.5 cm³/mol. The lowest BCUT2D eigenvalue weighted by molar-refractivity contribution is -0.0614. The molecule has 0 fully saturated rings. The summed E-state index contributed by atoms with van der Waals surface area (Å²) in [7, 11) is -3.58. The Balaban J connectivity index is 0.000000185. The smallest absolute Gasteiger partial charge is 0.340 e. The van der Waals surface area contributed by atoms with E-state index in [1.54, 1.807) is 12.1 Å². The van der Waals surface area contributed by atoms with Gasteiger partial charge in [-0.3, -0.25) is 0 Å². The molecule has 0 aliphatic carbocycles. The van der Waals surface area contributed by atoms with Gasteiger partial charge in [0, 0.05) is 18.2 Å². The van der Waals surface area contributed by atoms with Gasteiger partial charge in [0.1, 0.15) is 16.4 Å². The van der Waals surface area contributed by atoms with Crippen molar-refractivity contribution in [3.63, 3.8) is 0 Å². The van der Waals surface area contributed by atoms with E-state index in [0.29, 0.717) is 6.61 Å². The van der Waals surface area contributed by atoms with Gasteiger partial charge in [-0.05, 0) is 32.0 Å². The van der Waals surface area contributed by atoms with Crippen LogP contribution in [0.3, 0.4) is 0 Å². The van der Waals surface area contributed by atoms with Crippen LogP contribution in [0.1, 0.15) is 19.4 Å². The normalized spacial score (nSPS) is 14.7. The Bertz CT molecular complexity index is 848. The molecule has 2 heterocycles. The van der Waals surface area contributed by atoms with Gasteiger partial charge < -0.3 is 13.7 Å². The van der Waals surface area contributed by atoms with Crippen molar-refractivity contribution in [3.8, 4) is 11.5 Å². The van der Waals surface area contributed by atoms with Gasteiger partial charge in [-0.25, -0.2) is 0 Å². The Labute approximate surface area is 152 Å². The molecule has 2 aliphatic heterocycles. The SMILES string of the molecule is C=Cc1ccccc1OC(C)OCC.O=S1(=O)Oc2ccc1c(Cl)c2. The van der Waals surface area contributed by atoms with E-state index in [9.17, 15) is 8.42 Å². The zero-order valence-corrected chi connectivity index (χ0v) is 15.5. The van der Waals surface area contributed by atoms with E-state index < -0.39 is 10.1 Å². The maximum Gasteiger partial charge on any atom is 0.340 e. The van der Waals surface area contributed by atoms with E-state index in [1.165, 1.54) is 12.1 Å². The number of hydrogen-bond acceptors (Lipinski definition) is 5. The van der Waals surface area contributed by atoms with Gasteiger partial charge in [-0.1, -0.05) is 42.5 Å². The van der Waals surface area contributed by atoms with Gasteiger partial charge in [0.05, 0.1) is 5.02 Å². The molecule has 2 aliphatic rings. The summed E-state index contributed by atoms with van der Waals surface area (Å²) in [6.07, 6.45) is 1.55. The number of para-hydroxylation sites is 1. The lowest BCUT2D eigenvalue weighted by Crippen LogP contribution is -2.16. The number of halogens is 1. The lowest BCUT2D eigenvalue weighted by atomic mass is 10.2. The number of benzene rings is 2. The molecule has 0 saturated carbocycles. The Morgan fingerprint density at radius 1 is 1.28 bits per heavy atom. The van der Waals surface area contributed by atoms with Gasteiger partial charge in [0.2, 0.25) is 0 Å². The van der Waals surface area contributed by atoms with Crippen molar-refractivity contribution in [2.75, 3.05) is 6.61 Å². The summed E-state index contributed by atoms with van der Waals surface area (Å²) in [5.41, 5.74) is 0.985. The fourth-order valence-electron chi connectivity index (χ4n) is 2.11. The molecular formula is C18H19ClO5S. The second-order valence-corrected chi connectivity index (χ2v) is 6.93. The highest BCUT2D eigenvalue weighted by Crippen LogP contribution is 2.33. The summed E-state index contributed by atoms with van der Waals surface area (Å²) >= 11 is 5.59. The van der Waals surface area contributed by atoms with Crippen LogP contribution in [0.15, 0.2) is 53.9 Å². The first-order chi connectivity index (χ1) is 11.9. The van der Waals surface area contributed by atoms with Crippen molar-refractivity contribution < 1.29 is 22.1 Å². The highest BCUT2D eigenvalue weighted by Gasteiger charge is 2.26. The molecule has 1 unspecified atom stereocenters. The topological polar surface area (TPSA) is 61.8 Å². The summed E-state index contributed by atoms with van der Waals surface area (Å²) in [5, 5.41) is 0.216. The quantitative estimate of drug-likeness (QED) is 0.562. The van der Waals surface area contributed by atoms with E-state index in [4.69, 9.17) is 21.1 Å². The summed E-state index contributed by atoms with van der Waals surface area (Å²) < 4.78 is 37.4. The molecule has 0 saturated heterocycles. The third-order valence-electron chi connectivity index (χ3n) is 3.21. The molecule has 2 bridgehead atoms. The molecule has 2 aromatic rings. The highest BCUT2D eigenvalue weighted by molar-refractivity contribution is 7.87. The van der Waals surface area contributed by atoms with Crippen LogP contribution in [0.5, 0.6) is 11.5 Å². The van der Waals surface area contributed by atoms with Gasteiger partial charge in [-0.2, -0.15) is 8.42 Å². The van der Waals surface area contributed by atoms with E-state index in [-0.39, 0.29) is 22.0 Å². The molecule has 0 amide bonds. The van der Waals surface area contributed by atoms with Crippen LogP contribution >= 0.6 is 11.6 Å². The molecule has 5 nitrogen and oxygen atoms in total. The van der Waals surface area contributed by atoms with Gasteiger partial charge in [0.15, 0.2) is 6.29 Å². The Hall–Kier alpha value is -2.02. The fourth-order valence-corrected chi connectivity index (χ4v) is 3.55. The van der Waals surface area contributed by atoms with Crippen molar-refractivity contribution in [1.82, 2.24) is 0 Å². The van der Waals surface area contributed by atoms with Crippen LogP contribution in [0.25, 0.3) is 6.08 Å². The minimum absolute atomic E-state index is 0.0363. The second kappa shape index (κ2) is 8.38. The Morgan fingerprint density at radius 3 is 2.52 bits per heavy atom. The molecule has 134 valence electrons. The molecule has 0 aromatic heterocycles. The predicted octanol–water partition coefficient (Wildman–Crippen LogP) is 4.51. The number of rotatable bonds is 5. The molecular weight excluding hydrogens is 364 g/mol. The monoisotopic (exact) mass is 382 g/mol. The standard InChI is InChI=1S/C12H16O2.C6H3ClO3S/c1-4-11-8-6-7-9-12(11)14-10(3)13-5-2;7-5-3-4-1-2-6(5)11(8,9)10-4/h4,6-10H,1,5H2,2-3H3;1-3H. The summed E-state index contributed by atoms with van der Waals surface area (Å²) in [6, 6.07) is 12.2. The Kier molecular flexibility index (Phi) is 6.47. The molecule has 0 N–H and O–H groups in total. The molecule has 2 aromatic carbocycles. The van der Waals surface area contributed by atoms with Crippen LogP contribution in [0.4, 0.5) is 0 Å². The van der Waals surface area contributed by atoms with E-state index >= 15 is 0 Å². The largest absolute Gasteiger partial charge is 0.465 e. The lowest BCUT2D eigenvalue weighted by Gasteiger charge is -2.15. The van der Waals surface area contributed by atoms with Gasteiger partial charge >= 0.3 is 10.1 Å². The minimum Gasteiger partial charge on any atom is -0.465 e. The number of hydrogen-bond donors (Lipinski definition) is 0. The third kappa shape index (κ3) is 4.98. The molecule has 1 atom stereocenters. The van der Waals surface area contributed by atoms with Crippen LogP contribution in [-0.2, 0) is 14.9 Å². The van der Waals surface area contributed by atoms with Crippen molar-refractivity contribution in [3.05, 3.63) is 59.6 Å². The average molecular weight is 383 g/mol. The van der Waals surface area contributed by atoms with Crippen molar-refractivity contribution in [1.29, 1.82) is 0 Å². The first-order valence-corrected chi connectivity index (χ1v) is 9.39. The molecule has 7 heteroatoms. The van der Waals surface area contributed by atoms with Gasteiger partial charge in [0.25, 0.3) is 0 Å². The van der Waals surface area contributed by atoms with Crippen LogP contribution in [0, 0.1) is 0 Å². The zero-order valence-electron chi connectivity index (χ0n) is 13.9. The maximum atomic E-state index is 11.0. The van der Waals surface area contributed by atoms with Crippen molar-refractivity contribution >= 4 is 27.8 Å². The minimum atomic E-state index is -3.58.